The fraction of sp³-hybridized carbons (Fsp3) is 0.484. The van der Waals surface area contributed by atoms with Crippen LogP contribution in [0.25, 0.3) is 0 Å². The SMILES string of the molecule is C=CCN1CC[C@@]2(c3cccc(OC(C)=O)c3)C[C@@H](N(CC(C)C)C(=O)c3ccccc3)CC[C@@H]2C1. The van der Waals surface area contributed by atoms with Gasteiger partial charge < -0.3 is 9.64 Å². The van der Waals surface area contributed by atoms with E-state index in [2.05, 4.69) is 42.4 Å². The van der Waals surface area contributed by atoms with E-state index in [1.54, 1.807) is 0 Å². The topological polar surface area (TPSA) is 49.9 Å². The van der Waals surface area contributed by atoms with Crippen LogP contribution in [-0.4, -0.2) is 53.9 Å². The molecule has 0 radical (unpaired) electrons. The Morgan fingerprint density at radius 1 is 1.17 bits per heavy atom. The van der Waals surface area contributed by atoms with Gasteiger partial charge in [0, 0.05) is 43.6 Å². The summed E-state index contributed by atoms with van der Waals surface area (Å²) in [6.45, 7) is 13.4. The zero-order valence-corrected chi connectivity index (χ0v) is 22.0. The lowest BCUT2D eigenvalue weighted by molar-refractivity contribution is -0.131. The summed E-state index contributed by atoms with van der Waals surface area (Å²) in [5.74, 6) is 1.28. The van der Waals surface area contributed by atoms with Crippen LogP contribution in [0.1, 0.15) is 62.4 Å². The first kappa shape index (κ1) is 26.2. The number of carbonyl (C=O) groups is 2. The molecule has 1 saturated carbocycles. The molecular formula is C31H40N2O3. The molecule has 1 saturated heterocycles. The summed E-state index contributed by atoms with van der Waals surface area (Å²) in [6.07, 6.45) is 5.99. The molecule has 1 aliphatic heterocycles. The van der Waals surface area contributed by atoms with Crippen LogP contribution in [0.4, 0.5) is 0 Å². The number of piperidine rings is 1. The molecule has 4 rings (SSSR count). The Hall–Kier alpha value is -2.92. The lowest BCUT2D eigenvalue weighted by atomic mass is 9.57. The number of hydrogen-bond donors (Lipinski definition) is 0. The Bertz CT molecular complexity index is 1070. The van der Waals surface area contributed by atoms with Crippen molar-refractivity contribution in [3.05, 3.63) is 78.4 Å². The van der Waals surface area contributed by atoms with Crippen molar-refractivity contribution in [3.63, 3.8) is 0 Å². The lowest BCUT2D eigenvalue weighted by Gasteiger charge is -2.54. The van der Waals surface area contributed by atoms with Crippen LogP contribution < -0.4 is 4.74 Å². The third kappa shape index (κ3) is 5.73. The van der Waals surface area contributed by atoms with E-state index in [0.29, 0.717) is 17.6 Å². The van der Waals surface area contributed by atoms with Crippen LogP contribution in [-0.2, 0) is 10.2 Å². The number of hydrogen-bond acceptors (Lipinski definition) is 4. The van der Waals surface area contributed by atoms with Gasteiger partial charge in [-0.2, -0.15) is 0 Å². The summed E-state index contributed by atoms with van der Waals surface area (Å²) in [7, 11) is 0. The van der Waals surface area contributed by atoms with E-state index in [-0.39, 0.29) is 23.3 Å². The highest BCUT2D eigenvalue weighted by Gasteiger charge is 2.49. The molecule has 1 amide bonds. The first-order valence-electron chi connectivity index (χ1n) is 13.3. The van der Waals surface area contributed by atoms with Crippen LogP contribution in [0.2, 0.25) is 0 Å². The van der Waals surface area contributed by atoms with Crippen LogP contribution in [0, 0.1) is 11.8 Å². The van der Waals surface area contributed by atoms with Crippen molar-refractivity contribution in [1.82, 2.24) is 9.80 Å². The van der Waals surface area contributed by atoms with Gasteiger partial charge in [-0.1, -0.05) is 50.3 Å². The van der Waals surface area contributed by atoms with Crippen LogP contribution in [0.5, 0.6) is 5.75 Å². The molecule has 2 aliphatic rings. The normalized spacial score (nSPS) is 24.1. The van der Waals surface area contributed by atoms with Gasteiger partial charge in [0.2, 0.25) is 0 Å². The molecule has 2 fully saturated rings. The highest BCUT2D eigenvalue weighted by Crippen LogP contribution is 2.50. The highest BCUT2D eigenvalue weighted by atomic mass is 16.5. The van der Waals surface area contributed by atoms with Crippen molar-refractivity contribution in [1.29, 1.82) is 0 Å². The summed E-state index contributed by atoms with van der Waals surface area (Å²) in [6, 6.07) is 18.0. The zero-order valence-electron chi connectivity index (χ0n) is 22.0. The van der Waals surface area contributed by atoms with Gasteiger partial charge in [-0.3, -0.25) is 14.5 Å². The Balaban J connectivity index is 1.70. The quantitative estimate of drug-likeness (QED) is 0.271. The van der Waals surface area contributed by atoms with Crippen molar-refractivity contribution in [2.45, 2.75) is 57.9 Å². The number of fused-ring (bicyclic) bond motifs is 1. The molecule has 1 heterocycles. The molecule has 5 nitrogen and oxygen atoms in total. The number of carbonyl (C=O) groups excluding carboxylic acids is 2. The maximum Gasteiger partial charge on any atom is 0.308 e. The van der Waals surface area contributed by atoms with E-state index in [1.807, 2.05) is 48.5 Å². The summed E-state index contributed by atoms with van der Waals surface area (Å²) < 4.78 is 5.48. The van der Waals surface area contributed by atoms with Crippen molar-refractivity contribution in [2.75, 3.05) is 26.2 Å². The van der Waals surface area contributed by atoms with E-state index >= 15 is 0 Å². The predicted molar refractivity (Wildman–Crippen MR) is 144 cm³/mol. The summed E-state index contributed by atoms with van der Waals surface area (Å²) >= 11 is 0. The number of amides is 1. The molecule has 36 heavy (non-hydrogen) atoms. The molecule has 3 atom stereocenters. The molecule has 5 heteroatoms. The van der Waals surface area contributed by atoms with Crippen molar-refractivity contribution in [3.8, 4) is 5.75 Å². The lowest BCUT2D eigenvalue weighted by Crippen LogP contribution is -2.57. The fourth-order valence-electron chi connectivity index (χ4n) is 6.38. The number of benzene rings is 2. The van der Waals surface area contributed by atoms with Crippen molar-refractivity contribution in [2.24, 2.45) is 11.8 Å². The standard InChI is InChI=1S/C31H40N2O3/c1-5-17-32-18-16-31(26-12-9-13-29(19-26)36-24(4)34)20-28(15-14-27(31)22-32)33(21-23(2)3)30(35)25-10-7-6-8-11-25/h5-13,19,23,27-28H,1,14-18,20-22H2,2-4H3/t27-,28+,31+/m1/s1. The van der Waals surface area contributed by atoms with Crippen molar-refractivity contribution >= 4 is 11.9 Å². The van der Waals surface area contributed by atoms with Gasteiger partial charge in [-0.25, -0.2) is 0 Å². The number of likely N-dealkylation sites (tertiary alicyclic amines) is 1. The molecule has 0 aromatic heterocycles. The van der Waals surface area contributed by atoms with E-state index < -0.39 is 0 Å². The second-order valence-corrected chi connectivity index (χ2v) is 10.9. The highest BCUT2D eigenvalue weighted by molar-refractivity contribution is 5.94. The molecule has 192 valence electrons. The van der Waals surface area contributed by atoms with Crippen LogP contribution in [0.15, 0.2) is 67.3 Å². The van der Waals surface area contributed by atoms with Crippen LogP contribution >= 0.6 is 0 Å². The van der Waals surface area contributed by atoms with E-state index in [1.165, 1.54) is 12.5 Å². The van der Waals surface area contributed by atoms with Gasteiger partial charge in [0.05, 0.1) is 0 Å². The number of esters is 1. The largest absolute Gasteiger partial charge is 0.427 e. The number of ether oxygens (including phenoxy) is 1. The van der Waals surface area contributed by atoms with Crippen molar-refractivity contribution < 1.29 is 14.3 Å². The summed E-state index contributed by atoms with van der Waals surface area (Å²) in [5, 5.41) is 0. The van der Waals surface area contributed by atoms with E-state index in [0.717, 1.165) is 57.4 Å². The molecule has 1 aliphatic carbocycles. The molecule has 2 aromatic carbocycles. The van der Waals surface area contributed by atoms with Gasteiger partial charge in [0.15, 0.2) is 0 Å². The van der Waals surface area contributed by atoms with E-state index in [9.17, 15) is 9.59 Å². The minimum absolute atomic E-state index is 0.0665. The Morgan fingerprint density at radius 2 is 1.94 bits per heavy atom. The van der Waals surface area contributed by atoms with Crippen LogP contribution in [0.3, 0.4) is 0 Å². The molecule has 0 N–H and O–H groups in total. The van der Waals surface area contributed by atoms with Gasteiger partial charge in [-0.15, -0.1) is 6.58 Å². The first-order valence-corrected chi connectivity index (χ1v) is 13.3. The second kappa shape index (κ2) is 11.4. The predicted octanol–water partition coefficient (Wildman–Crippen LogP) is 5.71. The van der Waals surface area contributed by atoms with Gasteiger partial charge in [0.1, 0.15) is 5.75 Å². The smallest absolute Gasteiger partial charge is 0.308 e. The average Bonchev–Trinajstić information content (AvgIpc) is 2.87. The summed E-state index contributed by atoms with van der Waals surface area (Å²) in [4.78, 5) is 30.0. The third-order valence-corrected chi connectivity index (χ3v) is 7.92. The van der Waals surface area contributed by atoms with E-state index in [4.69, 9.17) is 4.74 Å². The Morgan fingerprint density at radius 3 is 2.64 bits per heavy atom. The third-order valence-electron chi connectivity index (χ3n) is 7.92. The first-order chi connectivity index (χ1) is 17.3. The number of rotatable bonds is 8. The molecule has 0 bridgehead atoms. The maximum atomic E-state index is 13.7. The molecular weight excluding hydrogens is 448 g/mol. The molecule has 2 aromatic rings. The monoisotopic (exact) mass is 488 g/mol. The molecule has 0 spiro atoms. The van der Waals surface area contributed by atoms with Gasteiger partial charge >= 0.3 is 5.97 Å². The number of nitrogens with zero attached hydrogens (tertiary/aromatic N) is 2. The maximum absolute atomic E-state index is 13.7. The summed E-state index contributed by atoms with van der Waals surface area (Å²) in [5.41, 5.74) is 1.92. The Kier molecular flexibility index (Phi) is 8.30. The second-order valence-electron chi connectivity index (χ2n) is 10.9. The minimum atomic E-state index is -0.305. The van der Waals surface area contributed by atoms with Gasteiger partial charge in [0.25, 0.3) is 5.91 Å². The Labute approximate surface area is 216 Å². The molecule has 0 unspecified atom stereocenters. The fourth-order valence-corrected chi connectivity index (χ4v) is 6.38. The zero-order chi connectivity index (χ0) is 25.7. The van der Waals surface area contributed by atoms with Gasteiger partial charge in [-0.05, 0) is 73.9 Å². The minimum Gasteiger partial charge on any atom is -0.427 e. The average molecular weight is 489 g/mol.